The van der Waals surface area contributed by atoms with E-state index >= 15 is 0 Å². The number of benzene rings is 2. The minimum atomic E-state index is -0.320. The zero-order valence-corrected chi connectivity index (χ0v) is 10.8. The number of rotatable bonds is 2. The van der Waals surface area contributed by atoms with Gasteiger partial charge >= 0.3 is 0 Å². The number of hydrogen-bond donors (Lipinski definition) is 2. The Hall–Kier alpha value is -2.69. The quantitative estimate of drug-likeness (QED) is 0.750. The number of fused-ring (bicyclic) bond motifs is 1. The number of aromatic amines is 1. The Morgan fingerprint density at radius 3 is 2.90 bits per heavy atom. The fourth-order valence-electron chi connectivity index (χ4n) is 2.04. The molecule has 3 aromatic rings. The Morgan fingerprint density at radius 1 is 1.25 bits per heavy atom. The lowest BCUT2D eigenvalue weighted by Crippen LogP contribution is -2.12. The molecule has 0 bridgehead atoms. The van der Waals surface area contributed by atoms with Crippen LogP contribution in [-0.2, 0) is 0 Å². The van der Waals surface area contributed by atoms with E-state index in [1.807, 2.05) is 0 Å². The number of carbonyl (C=O) groups is 1. The van der Waals surface area contributed by atoms with Gasteiger partial charge in [-0.3, -0.25) is 4.79 Å². The largest absolute Gasteiger partial charge is 0.345 e. The van der Waals surface area contributed by atoms with Crippen molar-refractivity contribution in [2.75, 3.05) is 5.32 Å². The number of nitrogens with one attached hydrogen (secondary N) is 2. The lowest BCUT2D eigenvalue weighted by Gasteiger charge is -2.08. The SMILES string of the molecule is Cc1cc(F)ccc1NC(=O)c1ccc2nc[nH]c2c1. The molecule has 0 aliphatic carbocycles. The van der Waals surface area contributed by atoms with Crippen molar-refractivity contribution in [3.63, 3.8) is 0 Å². The molecule has 0 saturated heterocycles. The Morgan fingerprint density at radius 2 is 2.10 bits per heavy atom. The van der Waals surface area contributed by atoms with Crippen LogP contribution in [0.4, 0.5) is 10.1 Å². The topological polar surface area (TPSA) is 57.8 Å². The molecule has 2 aromatic carbocycles. The lowest BCUT2D eigenvalue weighted by molar-refractivity contribution is 0.102. The zero-order chi connectivity index (χ0) is 14.1. The first-order valence-electron chi connectivity index (χ1n) is 6.14. The predicted octanol–water partition coefficient (Wildman–Crippen LogP) is 3.26. The van der Waals surface area contributed by atoms with Crippen LogP contribution in [0.15, 0.2) is 42.7 Å². The van der Waals surface area contributed by atoms with E-state index in [4.69, 9.17) is 0 Å². The predicted molar refractivity (Wildman–Crippen MR) is 75.2 cm³/mol. The molecule has 0 spiro atoms. The van der Waals surface area contributed by atoms with Gasteiger partial charge in [-0.1, -0.05) is 0 Å². The molecule has 0 unspecified atom stereocenters. The van der Waals surface area contributed by atoms with Gasteiger partial charge in [0.05, 0.1) is 17.4 Å². The minimum absolute atomic E-state index is 0.240. The summed E-state index contributed by atoms with van der Waals surface area (Å²) in [6, 6.07) is 9.47. The molecule has 0 fully saturated rings. The second kappa shape index (κ2) is 4.77. The van der Waals surface area contributed by atoms with Gasteiger partial charge in [0.1, 0.15) is 5.82 Å². The molecule has 3 rings (SSSR count). The second-order valence-corrected chi connectivity index (χ2v) is 4.55. The maximum absolute atomic E-state index is 13.0. The minimum Gasteiger partial charge on any atom is -0.345 e. The highest BCUT2D eigenvalue weighted by molar-refractivity contribution is 6.06. The molecule has 0 aliphatic heterocycles. The van der Waals surface area contributed by atoms with E-state index in [1.165, 1.54) is 12.1 Å². The number of nitrogens with zero attached hydrogens (tertiary/aromatic N) is 1. The second-order valence-electron chi connectivity index (χ2n) is 4.55. The van der Waals surface area contributed by atoms with Crippen molar-refractivity contribution in [3.05, 3.63) is 59.7 Å². The van der Waals surface area contributed by atoms with Crippen LogP contribution in [0, 0.1) is 12.7 Å². The van der Waals surface area contributed by atoms with Gasteiger partial charge in [0.15, 0.2) is 0 Å². The highest BCUT2D eigenvalue weighted by Gasteiger charge is 2.09. The standard InChI is InChI=1S/C15H12FN3O/c1-9-6-11(16)3-5-12(9)19-15(20)10-2-4-13-14(7-10)18-8-17-13/h2-8H,1H3,(H,17,18)(H,19,20). The summed E-state index contributed by atoms with van der Waals surface area (Å²) in [4.78, 5) is 19.2. The van der Waals surface area contributed by atoms with E-state index in [1.54, 1.807) is 37.5 Å². The molecule has 5 heteroatoms. The van der Waals surface area contributed by atoms with Crippen molar-refractivity contribution in [1.29, 1.82) is 0 Å². The lowest BCUT2D eigenvalue weighted by atomic mass is 10.1. The van der Waals surface area contributed by atoms with E-state index < -0.39 is 0 Å². The third-order valence-corrected chi connectivity index (χ3v) is 3.12. The van der Waals surface area contributed by atoms with Gasteiger partial charge in [0.2, 0.25) is 0 Å². The fourth-order valence-corrected chi connectivity index (χ4v) is 2.04. The summed E-state index contributed by atoms with van der Waals surface area (Å²) < 4.78 is 13.0. The Kier molecular flexibility index (Phi) is 2.95. The van der Waals surface area contributed by atoms with Crippen LogP contribution in [0.3, 0.4) is 0 Å². The number of amides is 1. The van der Waals surface area contributed by atoms with E-state index in [2.05, 4.69) is 15.3 Å². The molecule has 0 aliphatic rings. The highest BCUT2D eigenvalue weighted by Crippen LogP contribution is 2.18. The molecule has 0 radical (unpaired) electrons. The number of imidazole rings is 1. The van der Waals surface area contributed by atoms with Crippen molar-refractivity contribution in [1.82, 2.24) is 9.97 Å². The van der Waals surface area contributed by atoms with E-state index in [9.17, 15) is 9.18 Å². The third kappa shape index (κ3) is 2.25. The normalized spacial score (nSPS) is 10.7. The van der Waals surface area contributed by atoms with Gasteiger partial charge in [0.25, 0.3) is 5.91 Å². The number of H-pyrrole nitrogens is 1. The number of aryl methyl sites for hydroxylation is 1. The van der Waals surface area contributed by atoms with Crippen LogP contribution in [0.5, 0.6) is 0 Å². The summed E-state index contributed by atoms with van der Waals surface area (Å²) in [5.74, 6) is -0.560. The maximum atomic E-state index is 13.0. The Labute approximate surface area is 114 Å². The fraction of sp³-hybridized carbons (Fsp3) is 0.0667. The first kappa shape index (κ1) is 12.3. The monoisotopic (exact) mass is 269 g/mol. The van der Waals surface area contributed by atoms with Crippen LogP contribution in [0.1, 0.15) is 15.9 Å². The van der Waals surface area contributed by atoms with Gasteiger partial charge in [-0.25, -0.2) is 9.37 Å². The molecule has 20 heavy (non-hydrogen) atoms. The van der Waals surface area contributed by atoms with Gasteiger partial charge in [-0.15, -0.1) is 0 Å². The van der Waals surface area contributed by atoms with E-state index in [0.29, 0.717) is 16.8 Å². The van der Waals surface area contributed by atoms with Crippen molar-refractivity contribution in [2.45, 2.75) is 6.92 Å². The van der Waals surface area contributed by atoms with Crippen molar-refractivity contribution in [3.8, 4) is 0 Å². The average molecular weight is 269 g/mol. The number of hydrogen-bond acceptors (Lipinski definition) is 2. The van der Waals surface area contributed by atoms with E-state index in [-0.39, 0.29) is 11.7 Å². The summed E-state index contributed by atoms with van der Waals surface area (Å²) >= 11 is 0. The van der Waals surface area contributed by atoms with Gasteiger partial charge in [-0.05, 0) is 48.9 Å². The summed E-state index contributed by atoms with van der Waals surface area (Å²) in [6.45, 7) is 1.75. The first-order chi connectivity index (χ1) is 9.63. The number of anilines is 1. The number of halogens is 1. The zero-order valence-electron chi connectivity index (χ0n) is 10.8. The number of carbonyl (C=O) groups excluding carboxylic acids is 1. The van der Waals surface area contributed by atoms with Crippen LogP contribution < -0.4 is 5.32 Å². The molecular weight excluding hydrogens is 257 g/mol. The van der Waals surface area contributed by atoms with Gasteiger partial charge in [-0.2, -0.15) is 0 Å². The summed E-state index contributed by atoms with van der Waals surface area (Å²) in [6.07, 6.45) is 1.58. The highest BCUT2D eigenvalue weighted by atomic mass is 19.1. The maximum Gasteiger partial charge on any atom is 0.255 e. The molecule has 0 saturated carbocycles. The third-order valence-electron chi connectivity index (χ3n) is 3.12. The van der Waals surface area contributed by atoms with Gasteiger partial charge < -0.3 is 10.3 Å². The molecule has 1 aromatic heterocycles. The molecule has 2 N–H and O–H groups in total. The van der Waals surface area contributed by atoms with Crippen LogP contribution >= 0.6 is 0 Å². The van der Waals surface area contributed by atoms with E-state index in [0.717, 1.165) is 11.0 Å². The molecule has 1 amide bonds. The smallest absolute Gasteiger partial charge is 0.255 e. The molecule has 1 heterocycles. The summed E-state index contributed by atoms with van der Waals surface area (Å²) in [7, 11) is 0. The number of aromatic nitrogens is 2. The van der Waals surface area contributed by atoms with Gasteiger partial charge in [0, 0.05) is 11.3 Å². The molecule has 0 atom stereocenters. The molecule has 4 nitrogen and oxygen atoms in total. The van der Waals surface area contributed by atoms with Crippen LogP contribution in [-0.4, -0.2) is 15.9 Å². The summed E-state index contributed by atoms with van der Waals surface area (Å²) in [5.41, 5.74) is 3.40. The van der Waals surface area contributed by atoms with Crippen LogP contribution in [0.2, 0.25) is 0 Å². The van der Waals surface area contributed by atoms with Crippen molar-refractivity contribution >= 4 is 22.6 Å². The average Bonchev–Trinajstić information content (AvgIpc) is 2.89. The first-order valence-corrected chi connectivity index (χ1v) is 6.14. The molecule has 100 valence electrons. The van der Waals surface area contributed by atoms with Crippen molar-refractivity contribution in [2.24, 2.45) is 0 Å². The van der Waals surface area contributed by atoms with Crippen molar-refractivity contribution < 1.29 is 9.18 Å². The molecular formula is C15H12FN3O. The Balaban J connectivity index is 1.88. The Bertz CT molecular complexity index is 795. The van der Waals surface area contributed by atoms with Crippen LogP contribution in [0.25, 0.3) is 11.0 Å². The summed E-state index contributed by atoms with van der Waals surface area (Å²) in [5, 5.41) is 2.77.